The van der Waals surface area contributed by atoms with Gasteiger partial charge in [0.2, 0.25) is 0 Å². The lowest BCUT2D eigenvalue weighted by molar-refractivity contribution is 0.405. The van der Waals surface area contributed by atoms with Crippen LogP contribution < -0.4 is 16.8 Å². The molecule has 1 atom stereocenters. The molecule has 5 N–H and O–H groups in total. The van der Waals surface area contributed by atoms with Gasteiger partial charge in [-0.2, -0.15) is 0 Å². The van der Waals surface area contributed by atoms with Gasteiger partial charge in [0.15, 0.2) is 0 Å². The van der Waals surface area contributed by atoms with E-state index in [1.165, 1.54) is 49.4 Å². The first kappa shape index (κ1) is 24.3. The number of benzene rings is 1. The molecule has 1 aliphatic rings. The van der Waals surface area contributed by atoms with E-state index in [-0.39, 0.29) is 0 Å². The van der Waals surface area contributed by atoms with Gasteiger partial charge in [0, 0.05) is 31.5 Å². The molecule has 28 heavy (non-hydrogen) atoms. The van der Waals surface area contributed by atoms with E-state index in [4.69, 9.17) is 5.73 Å². The summed E-state index contributed by atoms with van der Waals surface area (Å²) in [5.41, 5.74) is 16.9. The number of hydrogen-bond donors (Lipinski definition) is 3. The van der Waals surface area contributed by atoms with Crippen molar-refractivity contribution in [3.63, 3.8) is 0 Å². The number of allylic oxidation sites excluding steroid dienone is 2. The highest BCUT2D eigenvalue weighted by atomic mass is 15.1. The molecule has 4 heteroatoms. The fourth-order valence-corrected chi connectivity index (χ4v) is 3.72. The van der Waals surface area contributed by atoms with Crippen LogP contribution in [0.15, 0.2) is 47.8 Å². The van der Waals surface area contributed by atoms with Gasteiger partial charge >= 0.3 is 0 Å². The molecule has 0 aromatic heterocycles. The van der Waals surface area contributed by atoms with E-state index in [9.17, 15) is 0 Å². The second-order valence-corrected chi connectivity index (χ2v) is 7.63. The normalized spacial score (nSPS) is 14.9. The van der Waals surface area contributed by atoms with Crippen LogP contribution in [0.4, 0.5) is 0 Å². The van der Waals surface area contributed by atoms with Crippen LogP contribution in [0.1, 0.15) is 62.5 Å². The minimum Gasteiger partial charge on any atom is -0.402 e. The van der Waals surface area contributed by atoms with Crippen LogP contribution in [0.5, 0.6) is 0 Å². The summed E-state index contributed by atoms with van der Waals surface area (Å²) in [5.74, 6) is 0.642. The minimum atomic E-state index is 0.642. The van der Waals surface area contributed by atoms with Crippen LogP contribution in [0.2, 0.25) is 0 Å². The van der Waals surface area contributed by atoms with Crippen LogP contribution in [-0.4, -0.2) is 38.6 Å². The first-order chi connectivity index (χ1) is 13.5. The number of nitrogens with two attached hydrogens (primary N) is 2. The van der Waals surface area contributed by atoms with Gasteiger partial charge in [0.05, 0.1) is 0 Å². The average molecular weight is 387 g/mol. The average Bonchev–Trinajstić information content (AvgIpc) is 2.72. The maximum atomic E-state index is 6.18. The molecule has 0 fully saturated rings. The maximum absolute atomic E-state index is 6.18. The molecule has 0 radical (unpaired) electrons. The zero-order valence-electron chi connectivity index (χ0n) is 18.6. The van der Waals surface area contributed by atoms with Crippen LogP contribution in [-0.2, 0) is 0 Å². The summed E-state index contributed by atoms with van der Waals surface area (Å²) < 4.78 is 0. The predicted molar refractivity (Wildman–Crippen MR) is 123 cm³/mol. The summed E-state index contributed by atoms with van der Waals surface area (Å²) in [6.45, 7) is 11.7. The van der Waals surface area contributed by atoms with E-state index in [0.29, 0.717) is 5.92 Å². The Balaban J connectivity index is 0.00000190. The predicted octanol–water partition coefficient (Wildman–Crippen LogP) is 4.28. The minimum absolute atomic E-state index is 0.642. The Morgan fingerprint density at radius 2 is 1.79 bits per heavy atom. The van der Waals surface area contributed by atoms with E-state index in [2.05, 4.69) is 67.7 Å². The number of nitrogens with zero attached hydrogens (tertiary/aromatic N) is 1. The van der Waals surface area contributed by atoms with Gasteiger partial charge in [-0.1, -0.05) is 43.3 Å². The molecule has 0 amide bonds. The monoisotopic (exact) mass is 386 g/mol. The molecule has 0 aliphatic heterocycles. The van der Waals surface area contributed by atoms with Crippen molar-refractivity contribution in [2.75, 3.05) is 33.7 Å². The second-order valence-electron chi connectivity index (χ2n) is 7.63. The molecule has 0 heterocycles. The van der Waals surface area contributed by atoms with E-state index < -0.39 is 0 Å². The van der Waals surface area contributed by atoms with Crippen LogP contribution in [0, 0.1) is 6.92 Å². The molecule has 0 bridgehead atoms. The molecule has 0 saturated heterocycles. The fraction of sp³-hybridized carbons (Fsp3) is 0.583. The quantitative estimate of drug-likeness (QED) is 0.525. The molecular formula is C24H42N4. The first-order valence-electron chi connectivity index (χ1n) is 10.8. The molecule has 0 saturated carbocycles. The van der Waals surface area contributed by atoms with Crippen LogP contribution in [0.25, 0.3) is 0 Å². The standard InChI is InChI=1S/C23H37N3.CH5N/c1-5-20(21-12-10-18(2)11-13-21)14-15-25-16-17-26(4)19(3)22-8-6-7-9-23(22)24;1-2/h10-13,20,25H,3,5-9,14-17,24H2,1-2,4H3;2H2,1H3. The van der Waals surface area contributed by atoms with Crippen molar-refractivity contribution in [3.8, 4) is 0 Å². The molecule has 1 aromatic rings. The zero-order chi connectivity index (χ0) is 20.9. The van der Waals surface area contributed by atoms with Crippen molar-refractivity contribution in [1.82, 2.24) is 10.2 Å². The third kappa shape index (κ3) is 7.69. The number of rotatable bonds is 10. The smallest absolute Gasteiger partial charge is 0.0340 e. The number of nitrogens with one attached hydrogen (secondary N) is 1. The molecule has 1 aliphatic carbocycles. The maximum Gasteiger partial charge on any atom is 0.0340 e. The number of hydrogen-bond acceptors (Lipinski definition) is 4. The summed E-state index contributed by atoms with van der Waals surface area (Å²) >= 11 is 0. The zero-order valence-corrected chi connectivity index (χ0v) is 18.6. The highest BCUT2D eigenvalue weighted by Crippen LogP contribution is 2.27. The molecule has 1 aromatic carbocycles. The van der Waals surface area contributed by atoms with Gasteiger partial charge in [0.1, 0.15) is 0 Å². The fourth-order valence-electron chi connectivity index (χ4n) is 3.72. The summed E-state index contributed by atoms with van der Waals surface area (Å²) in [4.78, 5) is 2.25. The lowest BCUT2D eigenvalue weighted by atomic mass is 9.92. The Morgan fingerprint density at radius 1 is 1.14 bits per heavy atom. The Morgan fingerprint density at radius 3 is 2.39 bits per heavy atom. The van der Waals surface area contributed by atoms with Gasteiger partial charge in [-0.3, -0.25) is 0 Å². The third-order valence-electron chi connectivity index (χ3n) is 5.65. The van der Waals surface area contributed by atoms with Crippen molar-refractivity contribution in [2.24, 2.45) is 11.5 Å². The van der Waals surface area contributed by atoms with E-state index in [1.807, 2.05) is 0 Å². The van der Waals surface area contributed by atoms with Crippen LogP contribution in [0.3, 0.4) is 0 Å². The topological polar surface area (TPSA) is 67.3 Å². The van der Waals surface area contributed by atoms with Gasteiger partial charge in [-0.15, -0.1) is 0 Å². The van der Waals surface area contributed by atoms with E-state index in [1.54, 1.807) is 0 Å². The van der Waals surface area contributed by atoms with Gasteiger partial charge in [-0.25, -0.2) is 0 Å². The highest BCUT2D eigenvalue weighted by molar-refractivity contribution is 5.32. The summed E-state index contributed by atoms with van der Waals surface area (Å²) in [6.07, 6.45) is 6.93. The van der Waals surface area contributed by atoms with E-state index in [0.717, 1.165) is 43.9 Å². The van der Waals surface area contributed by atoms with Crippen molar-refractivity contribution >= 4 is 0 Å². The lowest BCUT2D eigenvalue weighted by Crippen LogP contribution is -2.31. The SMILES string of the molecule is C=C(C1=C(N)CCCC1)N(C)CCNCCC(CC)c1ccc(C)cc1.CN. The van der Waals surface area contributed by atoms with Crippen molar-refractivity contribution in [2.45, 2.75) is 58.3 Å². The largest absolute Gasteiger partial charge is 0.402 e. The van der Waals surface area contributed by atoms with E-state index >= 15 is 0 Å². The molecule has 1 unspecified atom stereocenters. The molecule has 0 spiro atoms. The first-order valence-corrected chi connectivity index (χ1v) is 10.8. The van der Waals surface area contributed by atoms with Gasteiger partial charge in [-0.05, 0) is 76.1 Å². The molecule has 4 nitrogen and oxygen atoms in total. The third-order valence-corrected chi connectivity index (χ3v) is 5.65. The van der Waals surface area contributed by atoms with Gasteiger partial charge in [0.25, 0.3) is 0 Å². The summed E-state index contributed by atoms with van der Waals surface area (Å²) in [7, 11) is 3.63. The Kier molecular flexibility index (Phi) is 11.6. The number of aryl methyl sites for hydroxylation is 1. The lowest BCUT2D eigenvalue weighted by Gasteiger charge is -2.27. The van der Waals surface area contributed by atoms with Crippen molar-refractivity contribution < 1.29 is 0 Å². The van der Waals surface area contributed by atoms with Gasteiger partial charge < -0.3 is 21.7 Å². The van der Waals surface area contributed by atoms with Crippen molar-refractivity contribution in [1.29, 1.82) is 0 Å². The van der Waals surface area contributed by atoms with Crippen LogP contribution >= 0.6 is 0 Å². The molecular weight excluding hydrogens is 344 g/mol. The Labute approximate surface area is 173 Å². The number of likely N-dealkylation sites (N-methyl/N-ethyl adjacent to an activating group) is 1. The molecule has 2 rings (SSSR count). The summed E-state index contributed by atoms with van der Waals surface area (Å²) in [5, 5.41) is 3.60. The summed E-state index contributed by atoms with van der Waals surface area (Å²) in [6, 6.07) is 9.00. The Hall–Kier alpha value is -1.78. The Bertz CT molecular complexity index is 604. The van der Waals surface area contributed by atoms with Crippen molar-refractivity contribution in [3.05, 3.63) is 58.9 Å². The second kappa shape index (κ2) is 13.4. The highest BCUT2D eigenvalue weighted by Gasteiger charge is 2.15. The molecule has 158 valence electrons.